The number of hydrogen-bond acceptors (Lipinski definition) is 5. The third kappa shape index (κ3) is 5.14. The van der Waals surface area contributed by atoms with Gasteiger partial charge < -0.3 is 25.0 Å². The summed E-state index contributed by atoms with van der Waals surface area (Å²) < 4.78 is 32.8. The van der Waals surface area contributed by atoms with Crippen LogP contribution in [-0.2, 0) is 24.4 Å². The SMILES string of the molecule is CN1CC[C@@H](Nc2cccc3c2CN(C(=O)c2c(O)cc(C(F)F)cc2OCc2ccccc2)CC3)C1=O. The molecule has 1 fully saturated rings. The fourth-order valence-corrected chi connectivity index (χ4v) is 5.00. The Morgan fingerprint density at radius 3 is 2.63 bits per heavy atom. The highest BCUT2D eigenvalue weighted by Gasteiger charge is 2.32. The lowest BCUT2D eigenvalue weighted by Crippen LogP contribution is -2.37. The number of rotatable bonds is 7. The van der Waals surface area contributed by atoms with Crippen LogP contribution >= 0.6 is 0 Å². The van der Waals surface area contributed by atoms with E-state index >= 15 is 0 Å². The second-order valence-corrected chi connectivity index (χ2v) is 9.65. The largest absolute Gasteiger partial charge is 0.507 e. The summed E-state index contributed by atoms with van der Waals surface area (Å²) in [5.41, 5.74) is 2.96. The van der Waals surface area contributed by atoms with Crippen molar-refractivity contribution in [2.24, 2.45) is 0 Å². The number of nitrogens with zero attached hydrogens (tertiary/aromatic N) is 2. The molecule has 2 N–H and O–H groups in total. The van der Waals surface area contributed by atoms with E-state index in [1.165, 1.54) is 0 Å². The Labute approximate surface area is 219 Å². The third-order valence-electron chi connectivity index (χ3n) is 7.12. The minimum Gasteiger partial charge on any atom is -0.507 e. The molecule has 1 atom stereocenters. The maximum atomic E-state index is 13.7. The van der Waals surface area contributed by atoms with E-state index in [1.54, 1.807) is 16.8 Å². The van der Waals surface area contributed by atoms with Crippen LogP contribution in [0.15, 0.2) is 60.7 Å². The topological polar surface area (TPSA) is 82.1 Å². The van der Waals surface area contributed by atoms with Crippen LogP contribution in [0.1, 0.15) is 45.5 Å². The summed E-state index contributed by atoms with van der Waals surface area (Å²) in [6.45, 7) is 1.35. The minimum atomic E-state index is -2.84. The molecule has 7 nitrogen and oxygen atoms in total. The van der Waals surface area contributed by atoms with Gasteiger partial charge in [-0.25, -0.2) is 8.78 Å². The number of amides is 2. The van der Waals surface area contributed by atoms with E-state index in [2.05, 4.69) is 5.32 Å². The zero-order valence-electron chi connectivity index (χ0n) is 21.0. The molecule has 2 heterocycles. The average Bonchev–Trinajstić information content (AvgIpc) is 3.24. The Morgan fingerprint density at radius 1 is 1.13 bits per heavy atom. The van der Waals surface area contributed by atoms with Crippen molar-refractivity contribution in [2.75, 3.05) is 25.5 Å². The smallest absolute Gasteiger partial charge is 0.264 e. The normalized spacial score (nSPS) is 17.1. The van der Waals surface area contributed by atoms with Gasteiger partial charge in [0.05, 0.1) is 0 Å². The molecule has 0 saturated carbocycles. The number of aromatic hydroxyl groups is 1. The maximum Gasteiger partial charge on any atom is 0.264 e. The monoisotopic (exact) mass is 521 g/mol. The van der Waals surface area contributed by atoms with Gasteiger partial charge in [0.15, 0.2) is 0 Å². The molecule has 9 heteroatoms. The predicted octanol–water partition coefficient (Wildman–Crippen LogP) is 4.75. The number of anilines is 1. The summed E-state index contributed by atoms with van der Waals surface area (Å²) in [6.07, 6.45) is -1.57. The quantitative estimate of drug-likeness (QED) is 0.469. The van der Waals surface area contributed by atoms with E-state index in [-0.39, 0.29) is 36.4 Å². The highest BCUT2D eigenvalue weighted by atomic mass is 19.3. The van der Waals surface area contributed by atoms with Gasteiger partial charge in [0.2, 0.25) is 5.91 Å². The lowest BCUT2D eigenvalue weighted by molar-refractivity contribution is -0.127. The van der Waals surface area contributed by atoms with Crippen LogP contribution < -0.4 is 10.1 Å². The third-order valence-corrected chi connectivity index (χ3v) is 7.12. The van der Waals surface area contributed by atoms with Gasteiger partial charge >= 0.3 is 0 Å². The van der Waals surface area contributed by atoms with E-state index in [9.17, 15) is 23.5 Å². The first kappa shape index (κ1) is 25.5. The number of hydrogen-bond donors (Lipinski definition) is 2. The van der Waals surface area contributed by atoms with Crippen molar-refractivity contribution >= 4 is 17.5 Å². The zero-order valence-corrected chi connectivity index (χ0v) is 21.0. The van der Waals surface area contributed by atoms with Gasteiger partial charge in [0.1, 0.15) is 29.7 Å². The van der Waals surface area contributed by atoms with E-state index in [0.717, 1.165) is 34.5 Å². The van der Waals surface area contributed by atoms with Crippen LogP contribution in [0.5, 0.6) is 11.5 Å². The van der Waals surface area contributed by atoms with Gasteiger partial charge in [-0.2, -0.15) is 0 Å². The molecule has 1 saturated heterocycles. The molecule has 38 heavy (non-hydrogen) atoms. The molecule has 0 aliphatic carbocycles. The average molecular weight is 522 g/mol. The highest BCUT2D eigenvalue weighted by molar-refractivity contribution is 6.00. The van der Waals surface area contributed by atoms with Crippen LogP contribution in [0, 0.1) is 0 Å². The summed E-state index contributed by atoms with van der Waals surface area (Å²) in [4.78, 5) is 29.4. The number of phenolic OH excluding ortho intramolecular Hbond substituents is 1. The number of likely N-dealkylation sites (tertiary alicyclic amines) is 1. The fourth-order valence-electron chi connectivity index (χ4n) is 5.00. The maximum absolute atomic E-state index is 13.7. The molecule has 0 bridgehead atoms. The van der Waals surface area contributed by atoms with Crippen molar-refractivity contribution in [3.63, 3.8) is 0 Å². The van der Waals surface area contributed by atoms with Crippen molar-refractivity contribution < 1.29 is 28.2 Å². The number of ether oxygens (including phenoxy) is 1. The van der Waals surface area contributed by atoms with Crippen LogP contribution in [0.4, 0.5) is 14.5 Å². The number of fused-ring (bicyclic) bond motifs is 1. The first-order chi connectivity index (χ1) is 18.3. The van der Waals surface area contributed by atoms with Gasteiger partial charge in [-0.05, 0) is 47.7 Å². The first-order valence-electron chi connectivity index (χ1n) is 12.5. The second-order valence-electron chi connectivity index (χ2n) is 9.65. The molecular weight excluding hydrogens is 492 g/mol. The van der Waals surface area contributed by atoms with Gasteiger partial charge in [-0.15, -0.1) is 0 Å². The lowest BCUT2D eigenvalue weighted by atomic mass is 9.96. The molecule has 2 aliphatic heterocycles. The molecule has 2 aliphatic rings. The molecule has 3 aromatic carbocycles. The summed E-state index contributed by atoms with van der Waals surface area (Å²) in [6, 6.07) is 16.7. The highest BCUT2D eigenvalue weighted by Crippen LogP contribution is 2.37. The fraction of sp³-hybridized carbons (Fsp3) is 0.310. The number of phenols is 1. The Kier molecular flexibility index (Phi) is 7.18. The summed E-state index contributed by atoms with van der Waals surface area (Å²) in [5.74, 6) is -1.13. The van der Waals surface area contributed by atoms with Crippen molar-refractivity contribution in [2.45, 2.75) is 38.5 Å². The van der Waals surface area contributed by atoms with Crippen LogP contribution in [0.3, 0.4) is 0 Å². The lowest BCUT2D eigenvalue weighted by Gasteiger charge is -2.31. The van der Waals surface area contributed by atoms with Crippen molar-refractivity contribution in [3.05, 3.63) is 88.5 Å². The standard InChI is InChI=1S/C29H29F2N3O4/c1-33-12-11-23(28(33)36)32-22-9-5-8-19-10-13-34(16-21(19)22)29(37)26-24(35)14-20(27(30)31)15-25(26)38-17-18-6-3-2-4-7-18/h2-9,14-15,23,27,32,35H,10-13,16-17H2,1H3/t23-/m1/s1. The van der Waals surface area contributed by atoms with E-state index in [0.29, 0.717) is 25.9 Å². The number of benzene rings is 3. The number of nitrogens with one attached hydrogen (secondary N) is 1. The Bertz CT molecular complexity index is 1350. The minimum absolute atomic E-state index is 0.0237. The summed E-state index contributed by atoms with van der Waals surface area (Å²) >= 11 is 0. The Hall–Kier alpha value is -4.14. The second kappa shape index (κ2) is 10.7. The predicted molar refractivity (Wildman–Crippen MR) is 138 cm³/mol. The van der Waals surface area contributed by atoms with Gasteiger partial charge in [-0.3, -0.25) is 9.59 Å². The first-order valence-corrected chi connectivity index (χ1v) is 12.5. The number of carbonyl (C=O) groups is 2. The molecule has 0 radical (unpaired) electrons. The van der Waals surface area contributed by atoms with Gasteiger partial charge in [0.25, 0.3) is 12.3 Å². The van der Waals surface area contributed by atoms with Gasteiger partial charge in [0, 0.05) is 37.9 Å². The van der Waals surface area contributed by atoms with Crippen molar-refractivity contribution in [1.82, 2.24) is 9.80 Å². The molecule has 0 unspecified atom stereocenters. The number of carbonyl (C=O) groups excluding carboxylic acids is 2. The Balaban J connectivity index is 1.42. The van der Waals surface area contributed by atoms with E-state index in [1.807, 2.05) is 48.5 Å². The molecular formula is C29H29F2N3O4. The molecule has 0 aromatic heterocycles. The zero-order chi connectivity index (χ0) is 26.8. The van der Waals surface area contributed by atoms with Crippen molar-refractivity contribution in [3.8, 4) is 11.5 Å². The number of halogens is 2. The molecule has 3 aromatic rings. The van der Waals surface area contributed by atoms with Crippen LogP contribution in [0.25, 0.3) is 0 Å². The van der Waals surface area contributed by atoms with E-state index in [4.69, 9.17) is 4.74 Å². The van der Waals surface area contributed by atoms with Crippen molar-refractivity contribution in [1.29, 1.82) is 0 Å². The van der Waals surface area contributed by atoms with Crippen LogP contribution in [0.2, 0.25) is 0 Å². The number of alkyl halides is 2. The molecule has 2 amide bonds. The number of likely N-dealkylation sites (N-methyl/N-ethyl adjacent to an activating group) is 1. The molecule has 198 valence electrons. The summed E-state index contributed by atoms with van der Waals surface area (Å²) in [5, 5.41) is 14.0. The van der Waals surface area contributed by atoms with E-state index < -0.39 is 23.6 Å². The van der Waals surface area contributed by atoms with Gasteiger partial charge in [-0.1, -0.05) is 42.5 Å². The van der Waals surface area contributed by atoms with Crippen LogP contribution in [-0.4, -0.2) is 52.9 Å². The Morgan fingerprint density at radius 2 is 1.92 bits per heavy atom. The summed E-state index contributed by atoms with van der Waals surface area (Å²) in [7, 11) is 1.77. The molecule has 5 rings (SSSR count). The molecule has 0 spiro atoms.